The second-order valence-electron chi connectivity index (χ2n) is 15.8. The number of aromatic nitrogens is 3. The van der Waals surface area contributed by atoms with Gasteiger partial charge in [0.1, 0.15) is 41.4 Å². The largest absolute Gasteiger partial charge is 0.468 e. The first kappa shape index (κ1) is 36.4. The number of fused-ring (bicyclic) bond motifs is 5. The fourth-order valence-electron chi connectivity index (χ4n) is 9.62. The van der Waals surface area contributed by atoms with E-state index in [2.05, 4.69) is 80.9 Å². The van der Waals surface area contributed by atoms with Gasteiger partial charge in [-0.05, 0) is 62.4 Å². The van der Waals surface area contributed by atoms with E-state index in [0.717, 1.165) is 19.4 Å². The van der Waals surface area contributed by atoms with Crippen LogP contribution in [0.2, 0.25) is 0 Å². The summed E-state index contributed by atoms with van der Waals surface area (Å²) in [6.07, 6.45) is 13.0. The van der Waals surface area contributed by atoms with Gasteiger partial charge in [-0.25, -0.2) is 13.2 Å². The second kappa shape index (κ2) is 14.1. The van der Waals surface area contributed by atoms with Crippen LogP contribution in [0.1, 0.15) is 44.2 Å². The molecule has 288 valence electrons. The van der Waals surface area contributed by atoms with Gasteiger partial charge in [0.15, 0.2) is 12.6 Å². The van der Waals surface area contributed by atoms with Gasteiger partial charge in [0.25, 0.3) is 0 Å². The zero-order valence-electron chi connectivity index (χ0n) is 31.6. The minimum absolute atomic E-state index is 0.00294. The van der Waals surface area contributed by atoms with E-state index in [1.54, 1.807) is 24.4 Å². The molecule has 3 saturated heterocycles. The van der Waals surface area contributed by atoms with Gasteiger partial charge in [0.05, 0.1) is 16.5 Å². The molecule has 56 heavy (non-hydrogen) atoms. The van der Waals surface area contributed by atoms with Crippen molar-refractivity contribution in [2.75, 3.05) is 51.6 Å². The summed E-state index contributed by atoms with van der Waals surface area (Å²) in [5, 5.41) is 1.26. The van der Waals surface area contributed by atoms with Crippen LogP contribution in [0, 0.1) is 24.0 Å². The third-order valence-electron chi connectivity index (χ3n) is 12.2. The lowest BCUT2D eigenvalue weighted by Gasteiger charge is -2.50. The SMILES string of the molecule is C#Cc1c(F)ccc2cc(OCOC)cc(-c3ncc4c(N5C[C@H]6C=C[C@@H](C5)N6C(C)(C)c5ccccc5)nc(OC[C@@]56CCCN5C[C@H](F)C6)nc4c3F)c12. The smallest absolute Gasteiger partial charge is 0.319 e. The van der Waals surface area contributed by atoms with Crippen molar-refractivity contribution in [2.45, 2.75) is 62.4 Å². The molecule has 12 heteroatoms. The number of nitrogens with zero attached hydrogens (tertiary/aromatic N) is 6. The van der Waals surface area contributed by atoms with E-state index >= 15 is 8.78 Å². The summed E-state index contributed by atoms with van der Waals surface area (Å²) < 4.78 is 64.6. The number of halogens is 3. The predicted molar refractivity (Wildman–Crippen MR) is 209 cm³/mol. The Morgan fingerprint density at radius 3 is 2.54 bits per heavy atom. The van der Waals surface area contributed by atoms with Gasteiger partial charge in [-0.1, -0.05) is 54.5 Å². The Bertz CT molecular complexity index is 2390. The summed E-state index contributed by atoms with van der Waals surface area (Å²) in [6.45, 7) is 6.93. The molecular formula is C44H43F3N6O3. The number of pyridine rings is 1. The minimum atomic E-state index is -0.936. The monoisotopic (exact) mass is 760 g/mol. The molecule has 9 rings (SSSR count). The highest BCUT2D eigenvalue weighted by Crippen LogP contribution is 2.44. The molecule has 0 unspecified atom stereocenters. The number of anilines is 1. The van der Waals surface area contributed by atoms with E-state index in [4.69, 9.17) is 25.6 Å². The Kier molecular flexibility index (Phi) is 9.15. The first-order valence-electron chi connectivity index (χ1n) is 19.1. The summed E-state index contributed by atoms with van der Waals surface area (Å²) in [5.74, 6) is 1.94. The molecule has 9 nitrogen and oxygen atoms in total. The van der Waals surface area contributed by atoms with Crippen LogP contribution in [0.25, 0.3) is 32.9 Å². The molecule has 2 bridgehead atoms. The Labute approximate surface area is 324 Å². The first-order chi connectivity index (χ1) is 27.1. The standard InChI is InChI=1S/C44H43F3N6O3/c1-5-33-36(46)15-12-27-18-32(56-26-54-4)19-34(37(27)33)39-38(47)40-35(21-48-39)41(50-42(49-40)55-25-44-16-9-17-52(44)22-29(45)20-44)51-23-30-13-14-31(24-51)53(30)43(2,3)28-10-7-6-8-11-28/h1,6-8,10-15,18-19,21,29-31H,9,16-17,20,22-26H2,2-4H3/t29-,30-,31+,44+/m1/s1. The van der Waals surface area contributed by atoms with Crippen molar-refractivity contribution in [3.05, 3.63) is 95.7 Å². The van der Waals surface area contributed by atoms with Crippen molar-refractivity contribution in [3.8, 4) is 35.4 Å². The summed E-state index contributed by atoms with van der Waals surface area (Å²) in [5.41, 5.74) is 0.612. The predicted octanol–water partition coefficient (Wildman–Crippen LogP) is 7.41. The molecule has 3 aromatic carbocycles. The molecule has 2 aromatic heterocycles. The van der Waals surface area contributed by atoms with Crippen LogP contribution in [0.15, 0.2) is 72.9 Å². The summed E-state index contributed by atoms with van der Waals surface area (Å²) in [7, 11) is 1.49. The molecule has 6 heterocycles. The molecule has 0 aliphatic carbocycles. The maximum absolute atomic E-state index is 17.4. The molecular weight excluding hydrogens is 718 g/mol. The molecule has 4 atom stereocenters. The van der Waals surface area contributed by atoms with E-state index < -0.39 is 23.3 Å². The highest BCUT2D eigenvalue weighted by molar-refractivity contribution is 6.03. The zero-order valence-corrected chi connectivity index (χ0v) is 31.6. The zero-order chi connectivity index (χ0) is 38.8. The maximum atomic E-state index is 17.4. The Morgan fingerprint density at radius 1 is 1.00 bits per heavy atom. The lowest BCUT2D eigenvalue weighted by molar-refractivity contribution is 0.0512. The molecule has 0 amide bonds. The van der Waals surface area contributed by atoms with Gasteiger partial charge in [-0.3, -0.25) is 14.8 Å². The molecule has 4 aliphatic rings. The van der Waals surface area contributed by atoms with Crippen molar-refractivity contribution in [3.63, 3.8) is 0 Å². The molecule has 0 N–H and O–H groups in total. The van der Waals surface area contributed by atoms with Gasteiger partial charge < -0.3 is 19.1 Å². The van der Waals surface area contributed by atoms with Crippen LogP contribution < -0.4 is 14.4 Å². The molecule has 0 spiro atoms. The van der Waals surface area contributed by atoms with E-state index in [-0.39, 0.29) is 59.4 Å². The minimum Gasteiger partial charge on any atom is -0.468 e. The van der Waals surface area contributed by atoms with Crippen molar-refractivity contribution in [2.24, 2.45) is 0 Å². The molecule has 3 fully saturated rings. The fraction of sp³-hybridized carbons (Fsp3) is 0.386. The number of methoxy groups -OCH3 is 1. The lowest BCUT2D eigenvalue weighted by Crippen LogP contribution is -2.60. The van der Waals surface area contributed by atoms with E-state index in [9.17, 15) is 4.39 Å². The normalized spacial score (nSPS) is 23.6. The third kappa shape index (κ3) is 6.04. The van der Waals surface area contributed by atoms with Crippen LogP contribution in [-0.4, -0.2) is 95.2 Å². The Morgan fingerprint density at radius 2 is 1.79 bits per heavy atom. The Balaban J connectivity index is 1.16. The van der Waals surface area contributed by atoms with Gasteiger partial charge in [-0.15, -0.1) is 6.42 Å². The van der Waals surface area contributed by atoms with Gasteiger partial charge in [0.2, 0.25) is 0 Å². The summed E-state index contributed by atoms with van der Waals surface area (Å²) in [4.78, 5) is 21.1. The van der Waals surface area contributed by atoms with Gasteiger partial charge >= 0.3 is 6.01 Å². The number of alkyl halides is 1. The number of hydrogen-bond donors (Lipinski definition) is 0. The fourth-order valence-corrected chi connectivity index (χ4v) is 9.62. The Hall–Kier alpha value is -5.22. The van der Waals surface area contributed by atoms with Crippen molar-refractivity contribution < 1.29 is 27.4 Å². The molecule has 0 saturated carbocycles. The van der Waals surface area contributed by atoms with E-state index in [1.807, 2.05) is 6.07 Å². The van der Waals surface area contributed by atoms with Crippen molar-refractivity contribution in [1.82, 2.24) is 24.8 Å². The lowest BCUT2D eigenvalue weighted by atomic mass is 9.89. The summed E-state index contributed by atoms with van der Waals surface area (Å²) in [6, 6.07) is 16.7. The highest BCUT2D eigenvalue weighted by atomic mass is 19.1. The number of ether oxygens (including phenoxy) is 3. The number of hydrogen-bond acceptors (Lipinski definition) is 9. The molecule has 4 aliphatic heterocycles. The van der Waals surface area contributed by atoms with Gasteiger partial charge in [0, 0.05) is 67.9 Å². The van der Waals surface area contributed by atoms with Crippen LogP contribution in [-0.2, 0) is 10.3 Å². The highest BCUT2D eigenvalue weighted by Gasteiger charge is 2.50. The second-order valence-corrected chi connectivity index (χ2v) is 15.8. The number of benzene rings is 3. The van der Waals surface area contributed by atoms with E-state index in [1.165, 1.54) is 18.7 Å². The quantitative estimate of drug-likeness (QED) is 0.0823. The summed E-state index contributed by atoms with van der Waals surface area (Å²) >= 11 is 0. The van der Waals surface area contributed by atoms with Crippen molar-refractivity contribution in [1.29, 1.82) is 0 Å². The van der Waals surface area contributed by atoms with Crippen LogP contribution >= 0.6 is 0 Å². The number of rotatable bonds is 10. The van der Waals surface area contributed by atoms with Crippen LogP contribution in [0.5, 0.6) is 11.8 Å². The van der Waals surface area contributed by atoms with Gasteiger partial charge in [-0.2, -0.15) is 9.97 Å². The maximum Gasteiger partial charge on any atom is 0.319 e. The van der Waals surface area contributed by atoms with E-state index in [0.29, 0.717) is 53.8 Å². The average molecular weight is 761 g/mol. The van der Waals surface area contributed by atoms with Crippen molar-refractivity contribution >= 4 is 27.5 Å². The topological polar surface area (TPSA) is 76.1 Å². The number of terminal acetylenes is 1. The number of piperazine rings is 1. The average Bonchev–Trinajstić information content (AvgIpc) is 3.83. The van der Waals surface area contributed by atoms with Crippen LogP contribution in [0.4, 0.5) is 19.0 Å². The molecule has 5 aromatic rings. The van der Waals surface area contributed by atoms with Crippen LogP contribution in [0.3, 0.4) is 0 Å². The first-order valence-corrected chi connectivity index (χ1v) is 19.1. The molecule has 0 radical (unpaired) electrons. The third-order valence-corrected chi connectivity index (χ3v) is 12.2.